The topological polar surface area (TPSA) is 103 Å². The monoisotopic (exact) mass is 399 g/mol. The zero-order chi connectivity index (χ0) is 14.2. The van der Waals surface area contributed by atoms with E-state index < -0.39 is 16.0 Å². The lowest BCUT2D eigenvalue weighted by Gasteiger charge is -2.37. The summed E-state index contributed by atoms with van der Waals surface area (Å²) in [5, 5.41) is 15.4. The number of H-pyrrole nitrogens is 1. The van der Waals surface area contributed by atoms with Gasteiger partial charge in [-0.05, 0) is 29.0 Å². The molecular weight excluding hydrogens is 385 g/mol. The van der Waals surface area contributed by atoms with Crippen molar-refractivity contribution in [1.82, 2.24) is 14.5 Å². The van der Waals surface area contributed by atoms with Crippen molar-refractivity contribution in [1.29, 1.82) is 0 Å². The van der Waals surface area contributed by atoms with Gasteiger partial charge in [0.1, 0.15) is 0 Å². The highest BCUT2D eigenvalue weighted by molar-refractivity contribution is 14.1. The minimum absolute atomic E-state index is 0.000805. The van der Waals surface area contributed by atoms with Crippen molar-refractivity contribution >= 4 is 38.6 Å². The van der Waals surface area contributed by atoms with Crippen LogP contribution in [0, 0.1) is 3.57 Å². The van der Waals surface area contributed by atoms with Crippen LogP contribution in [0.2, 0.25) is 0 Å². The molecule has 1 aromatic heterocycles. The molecule has 0 radical (unpaired) electrons. The molecule has 0 aliphatic carbocycles. The molecular formula is C10H14IN3O4S. The molecule has 1 aromatic rings. The predicted molar refractivity (Wildman–Crippen MR) is 76.7 cm³/mol. The van der Waals surface area contributed by atoms with E-state index in [2.05, 4.69) is 10.2 Å². The van der Waals surface area contributed by atoms with E-state index in [0.717, 1.165) is 0 Å². The second kappa shape index (κ2) is 5.37. The zero-order valence-electron chi connectivity index (χ0n) is 10.3. The Bertz CT molecular complexity index is 592. The van der Waals surface area contributed by atoms with Gasteiger partial charge in [-0.2, -0.15) is 5.10 Å². The van der Waals surface area contributed by atoms with Crippen LogP contribution in [0.5, 0.6) is 0 Å². The lowest BCUT2D eigenvalue weighted by Crippen LogP contribution is -2.49. The van der Waals surface area contributed by atoms with Crippen molar-refractivity contribution in [2.24, 2.45) is 0 Å². The Morgan fingerprint density at radius 2 is 2.21 bits per heavy atom. The van der Waals surface area contributed by atoms with Crippen molar-refractivity contribution in [3.63, 3.8) is 0 Å². The van der Waals surface area contributed by atoms with Gasteiger partial charge in [0.2, 0.25) is 10.0 Å². The molecule has 19 heavy (non-hydrogen) atoms. The molecule has 9 heteroatoms. The van der Waals surface area contributed by atoms with Crippen molar-refractivity contribution in [3.8, 4) is 0 Å². The summed E-state index contributed by atoms with van der Waals surface area (Å²) in [5.74, 6) is -0.930. The molecule has 0 aromatic carbocycles. The molecule has 0 saturated carbocycles. The number of aromatic amines is 1. The second-order valence-corrected chi connectivity index (χ2v) is 7.60. The number of aromatic nitrogens is 2. The first-order chi connectivity index (χ1) is 8.86. The van der Waals surface area contributed by atoms with Crippen LogP contribution < -0.4 is 0 Å². The largest absolute Gasteiger partial charge is 0.476 e. The van der Waals surface area contributed by atoms with Crippen LogP contribution in [0.1, 0.15) is 35.4 Å². The van der Waals surface area contributed by atoms with Crippen molar-refractivity contribution in [3.05, 3.63) is 15.0 Å². The molecule has 0 atom stereocenters. The van der Waals surface area contributed by atoms with E-state index in [9.17, 15) is 13.2 Å². The second-order valence-electron chi connectivity index (χ2n) is 4.43. The SMILES string of the molecule is CCCS(=O)(=O)N1CC(c2[nH]nc(C(=O)O)c2I)C1. The van der Waals surface area contributed by atoms with Gasteiger partial charge in [0.25, 0.3) is 0 Å². The number of nitrogens with zero attached hydrogens (tertiary/aromatic N) is 2. The fourth-order valence-corrected chi connectivity index (χ4v) is 4.49. The number of hydrogen-bond acceptors (Lipinski definition) is 4. The first-order valence-corrected chi connectivity index (χ1v) is 8.50. The minimum atomic E-state index is -3.16. The number of carboxylic acids is 1. The smallest absolute Gasteiger partial charge is 0.357 e. The predicted octanol–water partition coefficient (Wildman–Crippen LogP) is 0.852. The fourth-order valence-electron chi connectivity index (χ4n) is 1.99. The fraction of sp³-hybridized carbons (Fsp3) is 0.600. The maximum atomic E-state index is 11.8. The third kappa shape index (κ3) is 2.77. The quantitative estimate of drug-likeness (QED) is 0.715. The van der Waals surface area contributed by atoms with E-state index in [1.165, 1.54) is 4.31 Å². The Hall–Kier alpha value is -0.680. The lowest BCUT2D eigenvalue weighted by molar-refractivity contribution is 0.0689. The average Bonchev–Trinajstić information content (AvgIpc) is 2.58. The van der Waals surface area contributed by atoms with E-state index in [1.807, 2.05) is 29.5 Å². The van der Waals surface area contributed by atoms with Crippen LogP contribution in [0.25, 0.3) is 0 Å². The van der Waals surface area contributed by atoms with Gasteiger partial charge in [0, 0.05) is 19.0 Å². The molecule has 1 aliphatic heterocycles. The number of sulfonamides is 1. The van der Waals surface area contributed by atoms with E-state index in [0.29, 0.717) is 28.8 Å². The maximum Gasteiger partial charge on any atom is 0.357 e. The molecule has 2 heterocycles. The molecule has 106 valence electrons. The van der Waals surface area contributed by atoms with Gasteiger partial charge < -0.3 is 5.11 Å². The first-order valence-electron chi connectivity index (χ1n) is 5.81. The number of aromatic carboxylic acids is 1. The number of nitrogens with one attached hydrogen (secondary N) is 1. The third-order valence-electron chi connectivity index (χ3n) is 3.05. The van der Waals surface area contributed by atoms with Crippen LogP contribution in [0.4, 0.5) is 0 Å². The summed E-state index contributed by atoms with van der Waals surface area (Å²) in [6.07, 6.45) is 0.592. The van der Waals surface area contributed by atoms with Gasteiger partial charge in [-0.25, -0.2) is 17.5 Å². The van der Waals surface area contributed by atoms with E-state index in [4.69, 9.17) is 5.11 Å². The van der Waals surface area contributed by atoms with Gasteiger partial charge in [0.15, 0.2) is 5.69 Å². The summed E-state index contributed by atoms with van der Waals surface area (Å²) >= 11 is 1.93. The maximum absolute atomic E-state index is 11.8. The van der Waals surface area contributed by atoms with Crippen LogP contribution >= 0.6 is 22.6 Å². The molecule has 0 bridgehead atoms. The van der Waals surface area contributed by atoms with Crippen LogP contribution in [0.15, 0.2) is 0 Å². The van der Waals surface area contributed by atoms with Gasteiger partial charge in [-0.3, -0.25) is 5.10 Å². The third-order valence-corrected chi connectivity index (χ3v) is 6.15. The number of carboxylic acid groups (broad SMARTS) is 1. The Balaban J connectivity index is 2.07. The van der Waals surface area contributed by atoms with Gasteiger partial charge in [-0.1, -0.05) is 6.92 Å². The standard InChI is InChI=1S/C10H14IN3O4S/c1-2-3-19(17,18)14-4-6(5-14)8-7(11)9(10(15)16)13-12-8/h6H,2-5H2,1H3,(H,12,13)(H,15,16). The van der Waals surface area contributed by atoms with Gasteiger partial charge in [-0.15, -0.1) is 0 Å². The molecule has 1 aliphatic rings. The Morgan fingerprint density at radius 3 is 2.68 bits per heavy atom. The number of carbonyl (C=O) groups is 1. The lowest BCUT2D eigenvalue weighted by atomic mass is 9.99. The number of rotatable bonds is 5. The van der Waals surface area contributed by atoms with Crippen LogP contribution in [-0.4, -0.2) is 52.8 Å². The highest BCUT2D eigenvalue weighted by atomic mass is 127. The summed E-state index contributed by atoms with van der Waals surface area (Å²) in [6, 6.07) is 0. The zero-order valence-corrected chi connectivity index (χ0v) is 13.2. The molecule has 0 spiro atoms. The summed E-state index contributed by atoms with van der Waals surface area (Å²) in [7, 11) is -3.16. The summed E-state index contributed by atoms with van der Waals surface area (Å²) < 4.78 is 25.6. The molecule has 7 nitrogen and oxygen atoms in total. The summed E-state index contributed by atoms with van der Waals surface area (Å²) in [5.41, 5.74) is 0.700. The van der Waals surface area contributed by atoms with Gasteiger partial charge >= 0.3 is 5.97 Å². The van der Waals surface area contributed by atoms with E-state index >= 15 is 0 Å². The first kappa shape index (κ1) is 14.7. The van der Waals surface area contributed by atoms with E-state index in [-0.39, 0.29) is 17.4 Å². The van der Waals surface area contributed by atoms with Crippen LogP contribution in [0.3, 0.4) is 0 Å². The van der Waals surface area contributed by atoms with Crippen molar-refractivity contribution < 1.29 is 18.3 Å². The minimum Gasteiger partial charge on any atom is -0.476 e. The number of hydrogen-bond donors (Lipinski definition) is 2. The van der Waals surface area contributed by atoms with E-state index in [1.54, 1.807) is 0 Å². The Kier molecular flexibility index (Phi) is 4.16. The molecule has 2 N–H and O–H groups in total. The Morgan fingerprint density at radius 1 is 1.58 bits per heavy atom. The normalized spacial score (nSPS) is 17.4. The number of halogens is 1. The van der Waals surface area contributed by atoms with Gasteiger partial charge in [0.05, 0.1) is 15.0 Å². The Labute approximate surface area is 124 Å². The highest BCUT2D eigenvalue weighted by Crippen LogP contribution is 2.32. The molecule has 0 unspecified atom stereocenters. The summed E-state index contributed by atoms with van der Waals surface area (Å²) in [4.78, 5) is 10.9. The van der Waals surface area contributed by atoms with Crippen molar-refractivity contribution in [2.75, 3.05) is 18.8 Å². The van der Waals surface area contributed by atoms with Crippen LogP contribution in [-0.2, 0) is 10.0 Å². The molecule has 0 amide bonds. The molecule has 1 fully saturated rings. The average molecular weight is 399 g/mol. The summed E-state index contributed by atoms with van der Waals surface area (Å²) in [6.45, 7) is 2.60. The van der Waals surface area contributed by atoms with Crippen molar-refractivity contribution in [2.45, 2.75) is 19.3 Å². The molecule has 1 saturated heterocycles. The highest BCUT2D eigenvalue weighted by Gasteiger charge is 2.38. The molecule has 2 rings (SSSR count).